The predicted molar refractivity (Wildman–Crippen MR) is 130 cm³/mol. The lowest BCUT2D eigenvalue weighted by atomic mass is 9.93. The van der Waals surface area contributed by atoms with E-state index in [0.717, 1.165) is 37.6 Å². The lowest BCUT2D eigenvalue weighted by Gasteiger charge is -2.31. The van der Waals surface area contributed by atoms with Gasteiger partial charge >= 0.3 is 12.1 Å². The first-order chi connectivity index (χ1) is 16.4. The number of hydrogen-bond donors (Lipinski definition) is 1. The molecule has 1 aliphatic heterocycles. The zero-order valence-electron chi connectivity index (χ0n) is 19.4. The highest BCUT2D eigenvalue weighted by Gasteiger charge is 2.33. The average Bonchev–Trinajstić information content (AvgIpc) is 3.09. The summed E-state index contributed by atoms with van der Waals surface area (Å²) < 4.78 is 41.6. The van der Waals surface area contributed by atoms with Crippen molar-refractivity contribution >= 4 is 40.2 Å². The van der Waals surface area contributed by atoms with Crippen LogP contribution in [0.3, 0.4) is 0 Å². The number of carbonyl (C=O) groups is 1. The number of aliphatic carboxylic acids is 1. The molecular weight excluding hydrogens is 502 g/mol. The number of alkyl halides is 3. The van der Waals surface area contributed by atoms with Crippen LogP contribution >= 0.6 is 23.2 Å². The van der Waals surface area contributed by atoms with Crippen LogP contribution in [0.15, 0.2) is 24.4 Å². The summed E-state index contributed by atoms with van der Waals surface area (Å²) in [7, 11) is 0. The highest BCUT2D eigenvalue weighted by atomic mass is 35.5. The largest absolute Gasteiger partial charge is 0.481 e. The highest BCUT2D eigenvalue weighted by molar-refractivity contribution is 6.36. The standard InChI is InChI=1S/C25H26Cl2F3N3O2/c1-14-9-20(25(28,29)30)31-23-15(2)11-33(24(14)23)13-18-19(26)4-3-17(22(18)27)12-32-7-5-16(6-8-32)10-21(34)35/h3-4,9,11,16H,5-8,10,12-13H2,1-2H3,(H,34,35). The third kappa shape index (κ3) is 5.60. The van der Waals surface area contributed by atoms with Crippen LogP contribution in [-0.2, 0) is 24.1 Å². The predicted octanol–water partition coefficient (Wildman–Crippen LogP) is 6.71. The number of aromatic nitrogens is 2. The van der Waals surface area contributed by atoms with E-state index in [1.165, 1.54) is 0 Å². The van der Waals surface area contributed by atoms with Crippen molar-refractivity contribution in [3.63, 3.8) is 0 Å². The number of halogens is 5. The smallest absolute Gasteiger partial charge is 0.433 e. The van der Waals surface area contributed by atoms with E-state index in [9.17, 15) is 18.0 Å². The van der Waals surface area contributed by atoms with Crippen molar-refractivity contribution in [1.82, 2.24) is 14.5 Å². The van der Waals surface area contributed by atoms with Gasteiger partial charge in [0.25, 0.3) is 0 Å². The van der Waals surface area contributed by atoms with Gasteiger partial charge in [0.2, 0.25) is 0 Å². The summed E-state index contributed by atoms with van der Waals surface area (Å²) in [5.74, 6) is -0.568. The number of pyridine rings is 1. The Balaban J connectivity index is 1.59. The summed E-state index contributed by atoms with van der Waals surface area (Å²) in [5.41, 5.74) is 2.74. The molecule has 3 aromatic rings. The number of hydrogen-bond acceptors (Lipinski definition) is 3. The average molecular weight is 528 g/mol. The van der Waals surface area contributed by atoms with Crippen molar-refractivity contribution in [2.75, 3.05) is 13.1 Å². The molecule has 0 aliphatic carbocycles. The normalized spacial score (nSPS) is 15.7. The number of carboxylic acid groups (broad SMARTS) is 1. The van der Waals surface area contributed by atoms with E-state index in [-0.39, 0.29) is 12.3 Å². The number of piperidine rings is 1. The molecule has 10 heteroatoms. The molecule has 0 radical (unpaired) electrons. The fourth-order valence-corrected chi connectivity index (χ4v) is 5.40. The fourth-order valence-electron chi connectivity index (χ4n) is 4.85. The van der Waals surface area contributed by atoms with Crippen LogP contribution in [0.2, 0.25) is 10.0 Å². The van der Waals surface area contributed by atoms with Gasteiger partial charge in [-0.05, 0) is 74.5 Å². The molecule has 3 heterocycles. The lowest BCUT2D eigenvalue weighted by molar-refractivity contribution is -0.141. The molecule has 0 saturated carbocycles. The van der Waals surface area contributed by atoms with Gasteiger partial charge in [-0.25, -0.2) is 4.98 Å². The molecule has 2 aromatic heterocycles. The molecule has 1 aromatic carbocycles. The van der Waals surface area contributed by atoms with Gasteiger partial charge in [0.15, 0.2) is 0 Å². The van der Waals surface area contributed by atoms with Crippen LogP contribution in [0.25, 0.3) is 11.0 Å². The van der Waals surface area contributed by atoms with E-state index in [4.69, 9.17) is 28.3 Å². The van der Waals surface area contributed by atoms with Crippen molar-refractivity contribution in [3.8, 4) is 0 Å². The summed E-state index contributed by atoms with van der Waals surface area (Å²) in [6.45, 7) is 5.87. The Morgan fingerprint density at radius 3 is 2.46 bits per heavy atom. The van der Waals surface area contributed by atoms with Gasteiger partial charge < -0.3 is 9.67 Å². The van der Waals surface area contributed by atoms with E-state index in [1.54, 1.807) is 26.1 Å². The molecular formula is C25H26Cl2F3N3O2. The van der Waals surface area contributed by atoms with Gasteiger partial charge in [-0.15, -0.1) is 0 Å². The first-order valence-corrected chi connectivity index (χ1v) is 12.1. The second-order valence-corrected chi connectivity index (χ2v) is 10.1. The maximum atomic E-state index is 13.3. The van der Waals surface area contributed by atoms with Gasteiger partial charge in [0.05, 0.1) is 22.6 Å². The molecule has 1 saturated heterocycles. The molecule has 0 bridgehead atoms. The van der Waals surface area contributed by atoms with Crippen LogP contribution in [0, 0.1) is 19.8 Å². The Labute approximate surface area is 211 Å². The van der Waals surface area contributed by atoms with Crippen LogP contribution in [0.4, 0.5) is 13.2 Å². The molecule has 1 N–H and O–H groups in total. The Morgan fingerprint density at radius 1 is 1.14 bits per heavy atom. The van der Waals surface area contributed by atoms with Gasteiger partial charge in [0.1, 0.15) is 5.69 Å². The third-order valence-electron chi connectivity index (χ3n) is 6.64. The second-order valence-electron chi connectivity index (χ2n) is 9.28. The van der Waals surface area contributed by atoms with E-state index in [1.807, 2.05) is 10.6 Å². The maximum absolute atomic E-state index is 13.3. The number of aryl methyl sites for hydroxylation is 2. The number of carboxylic acids is 1. The minimum atomic E-state index is -4.52. The van der Waals surface area contributed by atoms with Crippen molar-refractivity contribution < 1.29 is 23.1 Å². The fraction of sp³-hybridized carbons (Fsp3) is 0.440. The molecule has 4 rings (SSSR count). The van der Waals surface area contributed by atoms with E-state index in [0.29, 0.717) is 50.9 Å². The second kappa shape index (κ2) is 9.99. The van der Waals surface area contributed by atoms with Gasteiger partial charge in [-0.1, -0.05) is 29.3 Å². The molecule has 5 nitrogen and oxygen atoms in total. The highest BCUT2D eigenvalue weighted by Crippen LogP contribution is 2.35. The minimum Gasteiger partial charge on any atom is -0.481 e. The molecule has 188 valence electrons. The number of benzene rings is 1. The molecule has 0 unspecified atom stereocenters. The molecule has 0 amide bonds. The summed E-state index contributed by atoms with van der Waals surface area (Å²) in [5, 5.41) is 10.0. The quantitative estimate of drug-likeness (QED) is 0.386. The number of nitrogens with zero attached hydrogens (tertiary/aromatic N) is 3. The Hall–Kier alpha value is -2.29. The SMILES string of the molecule is Cc1cn(Cc2c(Cl)ccc(CN3CCC(CC(=O)O)CC3)c2Cl)c2c(C)cc(C(F)(F)F)nc12. The van der Waals surface area contributed by atoms with Crippen LogP contribution in [-0.4, -0.2) is 38.6 Å². The number of likely N-dealkylation sites (tertiary alicyclic amines) is 1. The van der Waals surface area contributed by atoms with Crippen LogP contribution in [0.1, 0.15) is 47.2 Å². The Bertz CT molecular complexity index is 1270. The molecule has 1 fully saturated rings. The van der Waals surface area contributed by atoms with Crippen molar-refractivity contribution in [2.45, 2.75) is 52.4 Å². The van der Waals surface area contributed by atoms with Crippen LogP contribution in [0.5, 0.6) is 0 Å². The van der Waals surface area contributed by atoms with E-state index < -0.39 is 17.8 Å². The maximum Gasteiger partial charge on any atom is 0.433 e. The van der Waals surface area contributed by atoms with Gasteiger partial charge in [-0.2, -0.15) is 13.2 Å². The van der Waals surface area contributed by atoms with Crippen molar-refractivity contribution in [2.24, 2.45) is 5.92 Å². The summed E-state index contributed by atoms with van der Waals surface area (Å²) in [6.07, 6.45) is -0.896. The van der Waals surface area contributed by atoms with Gasteiger partial charge in [0, 0.05) is 29.7 Å². The van der Waals surface area contributed by atoms with Crippen LogP contribution < -0.4 is 0 Å². The molecule has 35 heavy (non-hydrogen) atoms. The zero-order chi connectivity index (χ0) is 25.5. The monoisotopic (exact) mass is 527 g/mol. The zero-order valence-corrected chi connectivity index (χ0v) is 20.9. The third-order valence-corrected chi connectivity index (χ3v) is 7.47. The van der Waals surface area contributed by atoms with Gasteiger partial charge in [-0.3, -0.25) is 9.69 Å². The van der Waals surface area contributed by atoms with Crippen molar-refractivity contribution in [3.05, 3.63) is 62.4 Å². The number of fused-ring (bicyclic) bond motifs is 1. The van der Waals surface area contributed by atoms with Crippen molar-refractivity contribution in [1.29, 1.82) is 0 Å². The first-order valence-electron chi connectivity index (χ1n) is 11.4. The molecule has 0 spiro atoms. The molecule has 1 aliphatic rings. The summed E-state index contributed by atoms with van der Waals surface area (Å²) in [6, 6.07) is 4.74. The van der Waals surface area contributed by atoms with E-state index in [2.05, 4.69) is 9.88 Å². The minimum absolute atomic E-state index is 0.194. The lowest BCUT2D eigenvalue weighted by Crippen LogP contribution is -2.34. The molecule has 0 atom stereocenters. The Kier molecular flexibility index (Phi) is 7.36. The topological polar surface area (TPSA) is 58.4 Å². The first kappa shape index (κ1) is 25.8. The van der Waals surface area contributed by atoms with E-state index >= 15 is 0 Å². The summed E-state index contributed by atoms with van der Waals surface area (Å²) >= 11 is 13.3. The Morgan fingerprint density at radius 2 is 1.83 bits per heavy atom. The number of rotatable bonds is 6. The summed E-state index contributed by atoms with van der Waals surface area (Å²) in [4.78, 5) is 17.1.